The Hall–Kier alpha value is -2.59. The molecular formula is C19H17NO2S. The van der Waals surface area contributed by atoms with Crippen molar-refractivity contribution in [3.8, 4) is 11.5 Å². The zero-order valence-electron chi connectivity index (χ0n) is 12.8. The van der Waals surface area contributed by atoms with Gasteiger partial charge in [-0.2, -0.15) is 0 Å². The van der Waals surface area contributed by atoms with Crippen molar-refractivity contribution in [3.63, 3.8) is 0 Å². The van der Waals surface area contributed by atoms with Crippen LogP contribution in [0, 0.1) is 6.92 Å². The zero-order chi connectivity index (χ0) is 16.1. The molecule has 0 unspecified atom stereocenters. The molecule has 0 aliphatic carbocycles. The predicted octanol–water partition coefficient (Wildman–Crippen LogP) is 5.03. The van der Waals surface area contributed by atoms with E-state index in [0.29, 0.717) is 17.9 Å². The van der Waals surface area contributed by atoms with Crippen LogP contribution in [0.25, 0.3) is 0 Å². The number of benzene rings is 2. The summed E-state index contributed by atoms with van der Waals surface area (Å²) < 4.78 is 5.89. The Morgan fingerprint density at radius 2 is 1.83 bits per heavy atom. The molecule has 1 N–H and O–H groups in total. The first-order chi connectivity index (χ1) is 11.2. The molecule has 4 heteroatoms. The first-order valence-corrected chi connectivity index (χ1v) is 8.24. The zero-order valence-corrected chi connectivity index (χ0v) is 13.6. The van der Waals surface area contributed by atoms with E-state index in [1.54, 1.807) is 11.3 Å². The maximum Gasteiger partial charge on any atom is 0.229 e. The molecule has 1 aromatic heterocycles. The third-order valence-electron chi connectivity index (χ3n) is 3.32. The first kappa shape index (κ1) is 15.3. The van der Waals surface area contributed by atoms with Gasteiger partial charge < -0.3 is 10.1 Å². The fourth-order valence-corrected chi connectivity index (χ4v) is 2.86. The predicted molar refractivity (Wildman–Crippen MR) is 94.3 cm³/mol. The lowest BCUT2D eigenvalue weighted by Crippen LogP contribution is -2.14. The van der Waals surface area contributed by atoms with E-state index in [2.05, 4.69) is 5.32 Å². The molecule has 2 aromatic carbocycles. The Balaban J connectivity index is 1.72. The standard InChI is InChI=1S/C19H17NO2S/c1-14-8-10-15(11-9-14)22-18-7-3-2-6-17(18)20-19(21)13-16-5-4-12-23-16/h2-12H,13H2,1H3,(H,20,21). The minimum atomic E-state index is -0.0487. The van der Waals surface area contributed by atoms with E-state index >= 15 is 0 Å². The summed E-state index contributed by atoms with van der Waals surface area (Å²) >= 11 is 1.58. The molecule has 23 heavy (non-hydrogen) atoms. The van der Waals surface area contributed by atoms with Crippen molar-refractivity contribution >= 4 is 22.9 Å². The lowest BCUT2D eigenvalue weighted by molar-refractivity contribution is -0.115. The number of nitrogens with one attached hydrogen (secondary N) is 1. The van der Waals surface area contributed by atoms with Gasteiger partial charge in [-0.1, -0.05) is 35.9 Å². The summed E-state index contributed by atoms with van der Waals surface area (Å²) in [5.74, 6) is 1.33. The number of thiophene rings is 1. The fraction of sp³-hybridized carbons (Fsp3) is 0.105. The van der Waals surface area contributed by atoms with Crippen molar-refractivity contribution in [1.29, 1.82) is 0 Å². The van der Waals surface area contributed by atoms with Crippen molar-refractivity contribution in [2.75, 3.05) is 5.32 Å². The summed E-state index contributed by atoms with van der Waals surface area (Å²) in [5, 5.41) is 4.89. The van der Waals surface area contributed by atoms with Crippen LogP contribution in [0.2, 0.25) is 0 Å². The second kappa shape index (κ2) is 7.11. The van der Waals surface area contributed by atoms with Gasteiger partial charge in [-0.3, -0.25) is 4.79 Å². The Kier molecular flexibility index (Phi) is 4.74. The maximum atomic E-state index is 12.2. The van der Waals surface area contributed by atoms with Gasteiger partial charge >= 0.3 is 0 Å². The molecule has 3 rings (SSSR count). The number of carbonyl (C=O) groups excluding carboxylic acids is 1. The average Bonchev–Trinajstić information content (AvgIpc) is 3.04. The van der Waals surface area contributed by atoms with Crippen LogP contribution in [0.1, 0.15) is 10.4 Å². The van der Waals surface area contributed by atoms with Crippen molar-refractivity contribution in [2.24, 2.45) is 0 Å². The smallest absolute Gasteiger partial charge is 0.229 e. The highest BCUT2D eigenvalue weighted by Gasteiger charge is 2.09. The maximum absolute atomic E-state index is 12.2. The number of amides is 1. The number of rotatable bonds is 5. The van der Waals surface area contributed by atoms with E-state index in [1.807, 2.05) is 73.0 Å². The van der Waals surface area contributed by atoms with Gasteiger partial charge in [0.2, 0.25) is 5.91 Å². The van der Waals surface area contributed by atoms with Crippen LogP contribution >= 0.6 is 11.3 Å². The van der Waals surface area contributed by atoms with Crippen molar-refractivity contribution in [1.82, 2.24) is 0 Å². The Bertz CT molecular complexity index is 779. The third-order valence-corrected chi connectivity index (χ3v) is 4.20. The average molecular weight is 323 g/mol. The van der Waals surface area contributed by atoms with Gasteiger partial charge in [-0.05, 0) is 42.6 Å². The molecule has 1 heterocycles. The number of hydrogen-bond acceptors (Lipinski definition) is 3. The van der Waals surface area contributed by atoms with Gasteiger partial charge in [0, 0.05) is 4.88 Å². The van der Waals surface area contributed by atoms with E-state index in [-0.39, 0.29) is 5.91 Å². The highest BCUT2D eigenvalue weighted by Crippen LogP contribution is 2.29. The minimum Gasteiger partial charge on any atom is -0.455 e. The molecule has 0 aliphatic heterocycles. The molecular weight excluding hydrogens is 306 g/mol. The SMILES string of the molecule is Cc1ccc(Oc2ccccc2NC(=O)Cc2cccs2)cc1. The fourth-order valence-electron chi connectivity index (χ4n) is 2.16. The van der Waals surface area contributed by atoms with Gasteiger partial charge in [0.15, 0.2) is 5.75 Å². The highest BCUT2D eigenvalue weighted by atomic mass is 32.1. The van der Waals surface area contributed by atoms with Crippen LogP contribution in [-0.4, -0.2) is 5.91 Å². The summed E-state index contributed by atoms with van der Waals surface area (Å²) in [6.45, 7) is 2.03. The molecule has 0 saturated heterocycles. The number of aryl methyl sites for hydroxylation is 1. The Morgan fingerprint density at radius 3 is 2.57 bits per heavy atom. The first-order valence-electron chi connectivity index (χ1n) is 7.36. The quantitative estimate of drug-likeness (QED) is 0.715. The molecule has 0 fully saturated rings. The molecule has 116 valence electrons. The van der Waals surface area contributed by atoms with E-state index in [1.165, 1.54) is 5.56 Å². The van der Waals surface area contributed by atoms with Gasteiger partial charge in [-0.15, -0.1) is 11.3 Å². The van der Waals surface area contributed by atoms with Crippen LogP contribution in [0.5, 0.6) is 11.5 Å². The normalized spacial score (nSPS) is 10.3. The molecule has 0 atom stereocenters. The summed E-state index contributed by atoms with van der Waals surface area (Å²) in [7, 11) is 0. The summed E-state index contributed by atoms with van der Waals surface area (Å²) in [5.41, 5.74) is 1.85. The molecule has 1 amide bonds. The molecule has 0 saturated carbocycles. The summed E-state index contributed by atoms with van der Waals surface area (Å²) in [6.07, 6.45) is 0.372. The summed E-state index contributed by atoms with van der Waals surface area (Å²) in [4.78, 5) is 13.2. The van der Waals surface area contributed by atoms with E-state index in [9.17, 15) is 4.79 Å². The molecule has 0 bridgehead atoms. The Labute approximate surface area is 139 Å². The molecule has 3 aromatic rings. The minimum absolute atomic E-state index is 0.0487. The number of anilines is 1. The number of hydrogen-bond donors (Lipinski definition) is 1. The monoisotopic (exact) mass is 323 g/mol. The number of para-hydroxylation sites is 2. The van der Waals surface area contributed by atoms with Crippen LogP contribution in [0.4, 0.5) is 5.69 Å². The lowest BCUT2D eigenvalue weighted by atomic mass is 10.2. The van der Waals surface area contributed by atoms with Gasteiger partial charge in [0.25, 0.3) is 0 Å². The number of carbonyl (C=O) groups is 1. The molecule has 3 nitrogen and oxygen atoms in total. The molecule has 0 radical (unpaired) electrons. The van der Waals surface area contributed by atoms with Crippen molar-refractivity contribution in [3.05, 3.63) is 76.5 Å². The Morgan fingerprint density at radius 1 is 1.04 bits per heavy atom. The topological polar surface area (TPSA) is 38.3 Å². The lowest BCUT2D eigenvalue weighted by Gasteiger charge is -2.12. The molecule has 0 aliphatic rings. The van der Waals surface area contributed by atoms with Crippen LogP contribution < -0.4 is 10.1 Å². The van der Waals surface area contributed by atoms with Crippen LogP contribution in [-0.2, 0) is 11.2 Å². The third kappa shape index (κ3) is 4.20. The molecule has 0 spiro atoms. The second-order valence-electron chi connectivity index (χ2n) is 5.22. The van der Waals surface area contributed by atoms with Crippen LogP contribution in [0.3, 0.4) is 0 Å². The van der Waals surface area contributed by atoms with Crippen molar-refractivity contribution < 1.29 is 9.53 Å². The summed E-state index contributed by atoms with van der Waals surface area (Å²) in [6, 6.07) is 19.2. The number of ether oxygens (including phenoxy) is 1. The second-order valence-corrected chi connectivity index (χ2v) is 6.25. The largest absolute Gasteiger partial charge is 0.455 e. The van der Waals surface area contributed by atoms with Gasteiger partial charge in [-0.25, -0.2) is 0 Å². The van der Waals surface area contributed by atoms with E-state index in [4.69, 9.17) is 4.74 Å². The van der Waals surface area contributed by atoms with Crippen LogP contribution in [0.15, 0.2) is 66.0 Å². The van der Waals surface area contributed by atoms with Gasteiger partial charge in [0.1, 0.15) is 5.75 Å². The van der Waals surface area contributed by atoms with Gasteiger partial charge in [0.05, 0.1) is 12.1 Å². The van der Waals surface area contributed by atoms with E-state index < -0.39 is 0 Å². The van der Waals surface area contributed by atoms with Crippen molar-refractivity contribution in [2.45, 2.75) is 13.3 Å². The highest BCUT2D eigenvalue weighted by molar-refractivity contribution is 7.10. The van der Waals surface area contributed by atoms with E-state index in [0.717, 1.165) is 10.6 Å².